The van der Waals surface area contributed by atoms with E-state index < -0.39 is 12.0 Å². The van der Waals surface area contributed by atoms with Crippen LogP contribution in [-0.4, -0.2) is 29.9 Å². The molecule has 2 heterocycles. The van der Waals surface area contributed by atoms with Gasteiger partial charge in [-0.05, 0) is 70.5 Å². The minimum absolute atomic E-state index is 0.124. The number of fused-ring (bicyclic) bond motifs is 1. The van der Waals surface area contributed by atoms with Crippen LogP contribution in [0.4, 0.5) is 0 Å². The predicted octanol–water partition coefficient (Wildman–Crippen LogP) is 5.43. The van der Waals surface area contributed by atoms with Crippen molar-refractivity contribution in [2.45, 2.75) is 53.4 Å². The maximum Gasteiger partial charge on any atom is 0.338 e. The lowest BCUT2D eigenvalue weighted by Gasteiger charge is -2.26. The Morgan fingerprint density at radius 3 is 2.52 bits per heavy atom. The zero-order valence-electron chi connectivity index (χ0n) is 26.4. The summed E-state index contributed by atoms with van der Waals surface area (Å²) in [5, 5.41) is 9.42. The second-order valence-corrected chi connectivity index (χ2v) is 11.7. The van der Waals surface area contributed by atoms with Crippen molar-refractivity contribution in [3.8, 4) is 23.3 Å². The molecule has 0 aliphatic carbocycles. The number of carbonyl (C=O) groups excluding carboxylic acids is 1. The fourth-order valence-corrected chi connectivity index (χ4v) is 6.26. The van der Waals surface area contributed by atoms with E-state index in [9.17, 15) is 14.9 Å². The van der Waals surface area contributed by atoms with Gasteiger partial charge in [-0.15, -0.1) is 0 Å². The topological polar surface area (TPSA) is 112 Å². The van der Waals surface area contributed by atoms with Crippen LogP contribution in [0, 0.1) is 11.3 Å². The van der Waals surface area contributed by atoms with E-state index in [1.807, 2.05) is 75.4 Å². The minimum Gasteiger partial charge on any atom is -0.491 e. The number of hydrogen-bond acceptors (Lipinski definition) is 9. The van der Waals surface area contributed by atoms with Gasteiger partial charge in [-0.25, -0.2) is 9.79 Å². The maximum atomic E-state index is 14.1. The number of ether oxygens (including phenoxy) is 4. The lowest BCUT2D eigenvalue weighted by atomic mass is 9.95. The summed E-state index contributed by atoms with van der Waals surface area (Å²) in [6.07, 6.45) is 1.65. The third kappa shape index (κ3) is 6.75. The van der Waals surface area contributed by atoms with Gasteiger partial charge in [0.15, 0.2) is 16.3 Å². The molecule has 3 aromatic carbocycles. The normalized spacial score (nSPS) is 14.4. The largest absolute Gasteiger partial charge is 0.491 e. The number of carbonyl (C=O) groups is 1. The Hall–Kier alpha value is -5.14. The van der Waals surface area contributed by atoms with E-state index in [1.165, 1.54) is 11.3 Å². The molecule has 1 atom stereocenters. The van der Waals surface area contributed by atoms with E-state index in [0.29, 0.717) is 55.6 Å². The van der Waals surface area contributed by atoms with Crippen molar-refractivity contribution in [3.63, 3.8) is 0 Å². The van der Waals surface area contributed by atoms with Gasteiger partial charge in [0.1, 0.15) is 18.4 Å². The van der Waals surface area contributed by atoms with Crippen LogP contribution in [0.3, 0.4) is 0 Å². The van der Waals surface area contributed by atoms with Crippen LogP contribution in [0.15, 0.2) is 87.8 Å². The maximum absolute atomic E-state index is 14.1. The molecule has 1 aliphatic rings. The number of aromatic nitrogens is 1. The number of nitrogens with zero attached hydrogens (tertiary/aromatic N) is 3. The summed E-state index contributed by atoms with van der Waals surface area (Å²) in [5.41, 5.74) is 3.18. The van der Waals surface area contributed by atoms with Crippen LogP contribution in [0.5, 0.6) is 17.2 Å². The van der Waals surface area contributed by atoms with E-state index in [4.69, 9.17) is 18.9 Å². The zero-order valence-corrected chi connectivity index (χ0v) is 27.2. The first-order valence-electron chi connectivity index (χ1n) is 15.1. The number of thiazole rings is 1. The van der Waals surface area contributed by atoms with Crippen molar-refractivity contribution in [1.29, 1.82) is 5.26 Å². The van der Waals surface area contributed by atoms with Crippen LogP contribution < -0.4 is 29.1 Å². The van der Waals surface area contributed by atoms with Crippen LogP contribution in [0.25, 0.3) is 6.08 Å². The van der Waals surface area contributed by atoms with E-state index in [2.05, 4.69) is 11.1 Å². The third-order valence-corrected chi connectivity index (χ3v) is 8.16. The van der Waals surface area contributed by atoms with E-state index in [1.54, 1.807) is 36.6 Å². The Labute approximate surface area is 271 Å². The molecule has 1 aliphatic heterocycles. The van der Waals surface area contributed by atoms with Crippen molar-refractivity contribution in [2.24, 2.45) is 4.99 Å². The molecular formula is C36H35N3O6S. The SMILES string of the molecule is CCOC(=O)C1=C(C)N=c2s/c(=C/c3ccc(OCc4ccccc4C#N)c(OCC)c3)c(=O)n2[C@@H]1c1ccccc1OC(C)C. The fourth-order valence-electron chi connectivity index (χ4n) is 5.22. The van der Waals surface area contributed by atoms with Crippen LogP contribution >= 0.6 is 11.3 Å². The highest BCUT2D eigenvalue weighted by Gasteiger charge is 2.35. The number of hydrogen-bond donors (Lipinski definition) is 0. The monoisotopic (exact) mass is 637 g/mol. The molecule has 0 saturated heterocycles. The minimum atomic E-state index is -0.793. The summed E-state index contributed by atoms with van der Waals surface area (Å²) in [7, 11) is 0. The van der Waals surface area contributed by atoms with Crippen molar-refractivity contribution in [1.82, 2.24) is 4.57 Å². The third-order valence-electron chi connectivity index (χ3n) is 7.18. The fraction of sp³-hybridized carbons (Fsp3) is 0.278. The highest BCUT2D eigenvalue weighted by atomic mass is 32.1. The summed E-state index contributed by atoms with van der Waals surface area (Å²) in [6.45, 7) is 10.0. The van der Waals surface area contributed by atoms with Gasteiger partial charge in [-0.3, -0.25) is 9.36 Å². The van der Waals surface area contributed by atoms with Crippen LogP contribution in [0.1, 0.15) is 62.9 Å². The number of esters is 1. The van der Waals surface area contributed by atoms with Crippen molar-refractivity contribution in [2.75, 3.05) is 13.2 Å². The molecule has 0 bridgehead atoms. The molecule has 10 heteroatoms. The first-order valence-corrected chi connectivity index (χ1v) is 15.9. The summed E-state index contributed by atoms with van der Waals surface area (Å²) in [6, 6.07) is 21.5. The number of benzene rings is 3. The highest BCUT2D eigenvalue weighted by Crippen LogP contribution is 2.36. The molecule has 0 radical (unpaired) electrons. The Morgan fingerprint density at radius 2 is 1.78 bits per heavy atom. The predicted molar refractivity (Wildman–Crippen MR) is 176 cm³/mol. The Balaban J connectivity index is 1.58. The molecule has 5 rings (SSSR count). The second kappa shape index (κ2) is 14.3. The van der Waals surface area contributed by atoms with Gasteiger partial charge in [0, 0.05) is 11.1 Å². The molecule has 46 heavy (non-hydrogen) atoms. The van der Waals surface area contributed by atoms with Gasteiger partial charge in [0.25, 0.3) is 5.56 Å². The van der Waals surface area contributed by atoms with Gasteiger partial charge in [-0.1, -0.05) is 53.8 Å². The van der Waals surface area contributed by atoms with Gasteiger partial charge in [0.2, 0.25) is 0 Å². The number of para-hydroxylation sites is 1. The molecule has 4 aromatic rings. The molecular weight excluding hydrogens is 602 g/mol. The molecule has 0 unspecified atom stereocenters. The lowest BCUT2D eigenvalue weighted by molar-refractivity contribution is -0.139. The van der Waals surface area contributed by atoms with Crippen molar-refractivity contribution in [3.05, 3.63) is 120 Å². The first-order chi connectivity index (χ1) is 22.2. The molecule has 236 valence electrons. The zero-order chi connectivity index (χ0) is 32.8. The Kier molecular flexibility index (Phi) is 10.0. The average molecular weight is 638 g/mol. The molecule has 0 fully saturated rings. The second-order valence-electron chi connectivity index (χ2n) is 10.7. The van der Waals surface area contributed by atoms with Gasteiger partial charge >= 0.3 is 5.97 Å². The van der Waals surface area contributed by atoms with E-state index in [0.717, 1.165) is 11.1 Å². The number of allylic oxidation sites excluding steroid dienone is 1. The number of nitriles is 1. The lowest BCUT2D eigenvalue weighted by Crippen LogP contribution is -2.40. The molecule has 9 nitrogen and oxygen atoms in total. The average Bonchev–Trinajstić information content (AvgIpc) is 3.34. The summed E-state index contributed by atoms with van der Waals surface area (Å²) in [5.74, 6) is 1.07. The van der Waals surface area contributed by atoms with Crippen molar-refractivity contribution < 1.29 is 23.7 Å². The molecule has 0 spiro atoms. The Morgan fingerprint density at radius 1 is 1.02 bits per heavy atom. The highest BCUT2D eigenvalue weighted by molar-refractivity contribution is 7.07. The summed E-state index contributed by atoms with van der Waals surface area (Å²) >= 11 is 1.24. The summed E-state index contributed by atoms with van der Waals surface area (Å²) < 4.78 is 25.5. The van der Waals surface area contributed by atoms with Crippen molar-refractivity contribution >= 4 is 23.4 Å². The smallest absolute Gasteiger partial charge is 0.338 e. The number of rotatable bonds is 11. The van der Waals surface area contributed by atoms with E-state index in [-0.39, 0.29) is 24.9 Å². The first kappa shape index (κ1) is 32.3. The summed E-state index contributed by atoms with van der Waals surface area (Å²) in [4.78, 5) is 32.6. The quantitative estimate of drug-likeness (QED) is 0.202. The van der Waals surface area contributed by atoms with Gasteiger partial charge in [0.05, 0.1) is 46.8 Å². The van der Waals surface area contributed by atoms with Gasteiger partial charge < -0.3 is 18.9 Å². The van der Waals surface area contributed by atoms with Gasteiger partial charge in [-0.2, -0.15) is 5.26 Å². The molecule has 0 amide bonds. The van der Waals surface area contributed by atoms with Crippen LogP contribution in [-0.2, 0) is 16.1 Å². The van der Waals surface area contributed by atoms with E-state index >= 15 is 0 Å². The standard InChI is InChI=1S/C36H35N3O6S/c1-6-42-30-18-24(16-17-29(30)44-21-26-13-9-8-12-25(26)20-37)19-31-34(40)39-33(27-14-10-11-15-28(27)45-22(3)4)32(35(41)43-7-2)23(5)38-36(39)46-31/h8-19,22,33H,6-7,21H2,1-5H3/b31-19+/t33-/m1/s1. The molecule has 1 aromatic heterocycles. The molecule has 0 saturated carbocycles. The Bertz CT molecular complexity index is 2020. The van der Waals surface area contributed by atoms with Crippen LogP contribution in [0.2, 0.25) is 0 Å². The molecule has 0 N–H and O–H groups in total.